The first-order chi connectivity index (χ1) is 11.4. The van der Waals surface area contributed by atoms with Crippen molar-refractivity contribution < 1.29 is 14.3 Å². The molecule has 1 aliphatic heterocycles. The van der Waals surface area contributed by atoms with Crippen molar-refractivity contribution in [2.24, 2.45) is 5.92 Å². The van der Waals surface area contributed by atoms with Crippen LogP contribution in [0.1, 0.15) is 26.7 Å². The van der Waals surface area contributed by atoms with Gasteiger partial charge in [-0.2, -0.15) is 0 Å². The smallest absolute Gasteiger partial charge is 0.265 e. The zero-order chi connectivity index (χ0) is 17.7. The van der Waals surface area contributed by atoms with Crippen LogP contribution in [0, 0.1) is 5.92 Å². The SMILES string of the molecule is CC(C)CC(=O)Nc1ccc2c(c1)N(CCCN(C)C)C(=O)CO2. The van der Waals surface area contributed by atoms with Gasteiger partial charge in [-0.05, 0) is 51.2 Å². The minimum Gasteiger partial charge on any atom is -0.482 e. The number of benzene rings is 1. The summed E-state index contributed by atoms with van der Waals surface area (Å²) in [6, 6.07) is 5.44. The third-order valence-electron chi connectivity index (χ3n) is 3.77. The highest BCUT2D eigenvalue weighted by atomic mass is 16.5. The van der Waals surface area contributed by atoms with Crippen molar-refractivity contribution in [2.75, 3.05) is 44.0 Å². The van der Waals surface area contributed by atoms with E-state index in [1.54, 1.807) is 4.90 Å². The van der Waals surface area contributed by atoms with Gasteiger partial charge < -0.3 is 19.9 Å². The van der Waals surface area contributed by atoms with E-state index >= 15 is 0 Å². The maximum Gasteiger partial charge on any atom is 0.265 e. The standard InChI is InChI=1S/C18H27N3O3/c1-13(2)10-17(22)19-14-6-7-16-15(11-14)21(18(23)12-24-16)9-5-8-20(3)4/h6-7,11,13H,5,8-10,12H2,1-4H3,(H,19,22). The minimum absolute atomic E-state index is 0.0211. The summed E-state index contributed by atoms with van der Waals surface area (Å²) in [5.74, 6) is 0.912. The van der Waals surface area contributed by atoms with Crippen LogP contribution >= 0.6 is 0 Å². The molecule has 2 amide bonds. The molecule has 0 radical (unpaired) electrons. The highest BCUT2D eigenvalue weighted by Crippen LogP contribution is 2.34. The fourth-order valence-corrected chi connectivity index (χ4v) is 2.65. The molecule has 6 heteroatoms. The Balaban J connectivity index is 2.13. The van der Waals surface area contributed by atoms with Crippen LogP contribution in [0.25, 0.3) is 0 Å². The van der Waals surface area contributed by atoms with Crippen molar-refractivity contribution in [3.8, 4) is 5.75 Å². The van der Waals surface area contributed by atoms with Crippen molar-refractivity contribution in [1.82, 2.24) is 4.90 Å². The quantitative estimate of drug-likeness (QED) is 0.832. The Morgan fingerprint density at radius 3 is 2.79 bits per heavy atom. The summed E-state index contributed by atoms with van der Waals surface area (Å²) in [5, 5.41) is 2.89. The van der Waals surface area contributed by atoms with Crippen molar-refractivity contribution in [3.63, 3.8) is 0 Å². The number of nitrogens with one attached hydrogen (secondary N) is 1. The molecular formula is C18H27N3O3. The fraction of sp³-hybridized carbons (Fsp3) is 0.556. The van der Waals surface area contributed by atoms with E-state index in [1.807, 2.05) is 46.1 Å². The maximum absolute atomic E-state index is 12.2. The number of anilines is 2. The van der Waals surface area contributed by atoms with E-state index in [9.17, 15) is 9.59 Å². The molecule has 0 fully saturated rings. The van der Waals surface area contributed by atoms with Gasteiger partial charge in [-0.25, -0.2) is 0 Å². The normalized spacial score (nSPS) is 13.9. The van der Waals surface area contributed by atoms with Crippen molar-refractivity contribution in [1.29, 1.82) is 0 Å². The number of rotatable bonds is 7. The summed E-state index contributed by atoms with van der Waals surface area (Å²) >= 11 is 0. The van der Waals surface area contributed by atoms with Gasteiger partial charge >= 0.3 is 0 Å². The fourth-order valence-electron chi connectivity index (χ4n) is 2.65. The maximum atomic E-state index is 12.2. The predicted molar refractivity (Wildman–Crippen MR) is 95.5 cm³/mol. The second kappa shape index (κ2) is 8.15. The monoisotopic (exact) mass is 333 g/mol. The Hall–Kier alpha value is -2.08. The van der Waals surface area contributed by atoms with Crippen LogP contribution in [-0.2, 0) is 9.59 Å². The molecule has 0 aromatic heterocycles. The number of nitrogens with zero attached hydrogens (tertiary/aromatic N) is 2. The number of fused-ring (bicyclic) bond motifs is 1. The summed E-state index contributed by atoms with van der Waals surface area (Å²) in [7, 11) is 4.02. The van der Waals surface area contributed by atoms with Gasteiger partial charge in [0.05, 0.1) is 5.69 Å². The molecule has 0 bridgehead atoms. The Bertz CT molecular complexity index is 599. The van der Waals surface area contributed by atoms with Crippen LogP contribution in [0.2, 0.25) is 0 Å². The van der Waals surface area contributed by atoms with E-state index < -0.39 is 0 Å². The van der Waals surface area contributed by atoms with Gasteiger partial charge in [0.2, 0.25) is 5.91 Å². The summed E-state index contributed by atoms with van der Waals surface area (Å²) in [6.45, 7) is 5.62. The van der Waals surface area contributed by atoms with E-state index in [2.05, 4.69) is 10.2 Å². The molecule has 1 aromatic rings. The Morgan fingerprint density at radius 2 is 2.12 bits per heavy atom. The molecular weight excluding hydrogens is 306 g/mol. The molecule has 1 heterocycles. The lowest BCUT2D eigenvalue weighted by molar-refractivity contribution is -0.121. The second-order valence-electron chi connectivity index (χ2n) is 6.82. The molecule has 1 N–H and O–H groups in total. The lowest BCUT2D eigenvalue weighted by Gasteiger charge is -2.30. The van der Waals surface area contributed by atoms with Gasteiger partial charge in [0.15, 0.2) is 6.61 Å². The van der Waals surface area contributed by atoms with Gasteiger partial charge in [-0.15, -0.1) is 0 Å². The average molecular weight is 333 g/mol. The van der Waals surface area contributed by atoms with E-state index in [0.717, 1.165) is 18.7 Å². The highest BCUT2D eigenvalue weighted by molar-refractivity contribution is 5.99. The third-order valence-corrected chi connectivity index (χ3v) is 3.77. The van der Waals surface area contributed by atoms with Crippen molar-refractivity contribution in [3.05, 3.63) is 18.2 Å². The van der Waals surface area contributed by atoms with Crippen LogP contribution in [0.5, 0.6) is 5.75 Å². The first kappa shape index (κ1) is 18.3. The Morgan fingerprint density at radius 1 is 1.38 bits per heavy atom. The zero-order valence-corrected chi connectivity index (χ0v) is 15.0. The van der Waals surface area contributed by atoms with Gasteiger partial charge in [-0.1, -0.05) is 13.8 Å². The number of ether oxygens (including phenoxy) is 1. The summed E-state index contributed by atoms with van der Waals surface area (Å²) in [4.78, 5) is 28.0. The predicted octanol–water partition coefficient (Wildman–Crippen LogP) is 2.35. The molecule has 0 atom stereocenters. The Labute approximate surface area is 143 Å². The number of amides is 2. The summed E-state index contributed by atoms with van der Waals surface area (Å²) in [5.41, 5.74) is 1.42. The third kappa shape index (κ3) is 4.96. The zero-order valence-electron chi connectivity index (χ0n) is 15.0. The molecule has 0 saturated carbocycles. The number of carbonyl (C=O) groups excluding carboxylic acids is 2. The van der Waals surface area contributed by atoms with Gasteiger partial charge in [0.1, 0.15) is 5.75 Å². The molecule has 1 aliphatic rings. The van der Waals surface area contributed by atoms with Crippen molar-refractivity contribution >= 4 is 23.2 Å². The van der Waals surface area contributed by atoms with Crippen LogP contribution in [-0.4, -0.2) is 50.5 Å². The van der Waals surface area contributed by atoms with E-state index in [1.165, 1.54) is 0 Å². The van der Waals surface area contributed by atoms with Gasteiger partial charge in [0.25, 0.3) is 5.91 Å². The lowest BCUT2D eigenvalue weighted by atomic mass is 10.1. The van der Waals surface area contributed by atoms with Crippen LogP contribution < -0.4 is 15.0 Å². The van der Waals surface area contributed by atoms with Crippen molar-refractivity contribution in [2.45, 2.75) is 26.7 Å². The van der Waals surface area contributed by atoms with Gasteiger partial charge in [-0.3, -0.25) is 9.59 Å². The van der Waals surface area contributed by atoms with E-state index in [-0.39, 0.29) is 18.4 Å². The molecule has 1 aromatic carbocycles. The lowest BCUT2D eigenvalue weighted by Crippen LogP contribution is -2.40. The topological polar surface area (TPSA) is 61.9 Å². The summed E-state index contributed by atoms with van der Waals surface area (Å²) in [6.07, 6.45) is 1.35. The molecule has 2 rings (SSSR count). The molecule has 132 valence electrons. The van der Waals surface area contributed by atoms with Gasteiger partial charge in [0, 0.05) is 18.7 Å². The first-order valence-electron chi connectivity index (χ1n) is 8.38. The number of hydrogen-bond donors (Lipinski definition) is 1. The van der Waals surface area contributed by atoms with Crippen LogP contribution in [0.3, 0.4) is 0 Å². The number of hydrogen-bond acceptors (Lipinski definition) is 4. The van der Waals surface area contributed by atoms with E-state index in [4.69, 9.17) is 4.74 Å². The van der Waals surface area contributed by atoms with Crippen LogP contribution in [0.15, 0.2) is 18.2 Å². The average Bonchev–Trinajstić information content (AvgIpc) is 2.48. The first-order valence-corrected chi connectivity index (χ1v) is 8.38. The molecule has 24 heavy (non-hydrogen) atoms. The molecule has 0 saturated heterocycles. The highest BCUT2D eigenvalue weighted by Gasteiger charge is 2.25. The Kier molecular flexibility index (Phi) is 6.20. The molecule has 0 aliphatic carbocycles. The minimum atomic E-state index is -0.0492. The number of carbonyl (C=O) groups is 2. The van der Waals surface area contributed by atoms with Crippen LogP contribution in [0.4, 0.5) is 11.4 Å². The second-order valence-corrected chi connectivity index (χ2v) is 6.82. The molecule has 6 nitrogen and oxygen atoms in total. The largest absolute Gasteiger partial charge is 0.482 e. The summed E-state index contributed by atoms with van der Waals surface area (Å²) < 4.78 is 5.50. The van der Waals surface area contributed by atoms with E-state index in [0.29, 0.717) is 30.3 Å². The molecule has 0 unspecified atom stereocenters. The molecule has 0 spiro atoms.